The minimum Gasteiger partial charge on any atom is -0.479 e. The number of nitrogens with one attached hydrogen (secondary N) is 2. The van der Waals surface area contributed by atoms with Crippen LogP contribution < -0.4 is 10.6 Å². The van der Waals surface area contributed by atoms with Crippen LogP contribution in [0.1, 0.15) is 25.7 Å². The summed E-state index contributed by atoms with van der Waals surface area (Å²) in [4.78, 5) is 22.5. The summed E-state index contributed by atoms with van der Waals surface area (Å²) in [5.74, 6) is -0.434. The van der Waals surface area contributed by atoms with E-state index in [-0.39, 0.29) is 12.0 Å². The summed E-state index contributed by atoms with van der Waals surface area (Å²) in [7, 11) is 0. The molecule has 0 radical (unpaired) electrons. The molecule has 0 aromatic carbocycles. The second-order valence-electron chi connectivity index (χ2n) is 5.23. The summed E-state index contributed by atoms with van der Waals surface area (Å²) in [6.45, 7) is 2.48. The number of rotatable bonds is 6. The normalized spacial score (nSPS) is 27.4. The van der Waals surface area contributed by atoms with Crippen LogP contribution in [0.3, 0.4) is 0 Å². The molecule has 114 valence electrons. The van der Waals surface area contributed by atoms with Crippen molar-refractivity contribution < 1.29 is 19.4 Å². The fraction of sp³-hybridized carbons (Fsp3) is 0.846. The van der Waals surface area contributed by atoms with E-state index < -0.39 is 12.1 Å². The van der Waals surface area contributed by atoms with E-state index in [9.17, 15) is 9.59 Å². The molecule has 6 nitrogen and oxygen atoms in total. The Morgan fingerprint density at radius 1 is 1.25 bits per heavy atom. The summed E-state index contributed by atoms with van der Waals surface area (Å²) in [6, 6.07) is 0. The molecule has 20 heavy (non-hydrogen) atoms. The first-order valence-corrected chi connectivity index (χ1v) is 8.17. The number of carboxylic acids is 1. The van der Waals surface area contributed by atoms with Gasteiger partial charge in [-0.3, -0.25) is 4.79 Å². The molecule has 7 heteroatoms. The summed E-state index contributed by atoms with van der Waals surface area (Å²) in [5.41, 5.74) is 0. The van der Waals surface area contributed by atoms with Crippen molar-refractivity contribution in [3.63, 3.8) is 0 Å². The molecule has 0 bridgehead atoms. The van der Waals surface area contributed by atoms with E-state index in [1.165, 1.54) is 0 Å². The zero-order chi connectivity index (χ0) is 14.4. The van der Waals surface area contributed by atoms with E-state index in [1.807, 2.05) is 0 Å². The predicted octanol–water partition coefficient (Wildman–Crippen LogP) is 0.220. The van der Waals surface area contributed by atoms with Gasteiger partial charge < -0.3 is 20.5 Å². The van der Waals surface area contributed by atoms with E-state index in [4.69, 9.17) is 9.84 Å². The van der Waals surface area contributed by atoms with Crippen LogP contribution in [0.15, 0.2) is 0 Å². The van der Waals surface area contributed by atoms with Crippen LogP contribution in [0.25, 0.3) is 0 Å². The molecule has 2 heterocycles. The SMILES string of the molecule is O=C(CSC1CCNCC1)NCC1CCC(C(=O)O)O1. The average molecular weight is 302 g/mol. The lowest BCUT2D eigenvalue weighted by atomic mass is 10.2. The standard InChI is InChI=1S/C13H22N2O4S/c16-12(8-20-10-3-5-14-6-4-10)15-7-9-1-2-11(19-9)13(17)18/h9-11,14H,1-8H2,(H,15,16)(H,17,18). The minimum atomic E-state index is -0.916. The summed E-state index contributed by atoms with van der Waals surface area (Å²) in [5, 5.41) is 15.5. The molecular weight excluding hydrogens is 280 g/mol. The molecule has 0 aromatic rings. The van der Waals surface area contributed by atoms with Gasteiger partial charge in [0.15, 0.2) is 6.10 Å². The first-order valence-electron chi connectivity index (χ1n) is 7.12. The Balaban J connectivity index is 1.57. The molecule has 0 spiro atoms. The maximum atomic E-state index is 11.7. The van der Waals surface area contributed by atoms with E-state index in [2.05, 4.69) is 10.6 Å². The lowest BCUT2D eigenvalue weighted by Gasteiger charge is -2.21. The third-order valence-electron chi connectivity index (χ3n) is 3.65. The van der Waals surface area contributed by atoms with Crippen molar-refractivity contribution in [2.24, 2.45) is 0 Å². The van der Waals surface area contributed by atoms with Crippen LogP contribution >= 0.6 is 11.8 Å². The Bertz CT molecular complexity index is 347. The number of aliphatic carboxylic acids is 1. The van der Waals surface area contributed by atoms with E-state index in [1.54, 1.807) is 11.8 Å². The van der Waals surface area contributed by atoms with Gasteiger partial charge in [0, 0.05) is 11.8 Å². The Morgan fingerprint density at radius 3 is 2.65 bits per heavy atom. The number of amides is 1. The van der Waals surface area contributed by atoms with E-state index in [0.717, 1.165) is 25.9 Å². The molecule has 1 amide bonds. The monoisotopic (exact) mass is 302 g/mol. The molecule has 0 aromatic heterocycles. The Morgan fingerprint density at radius 2 is 2.00 bits per heavy atom. The highest BCUT2D eigenvalue weighted by atomic mass is 32.2. The third kappa shape index (κ3) is 4.96. The number of ether oxygens (including phenoxy) is 1. The molecule has 0 aliphatic carbocycles. The van der Waals surface area contributed by atoms with Crippen LogP contribution in [-0.2, 0) is 14.3 Å². The van der Waals surface area contributed by atoms with Gasteiger partial charge >= 0.3 is 5.97 Å². The smallest absolute Gasteiger partial charge is 0.332 e. The van der Waals surface area contributed by atoms with Crippen molar-refractivity contribution in [3.8, 4) is 0 Å². The van der Waals surface area contributed by atoms with Crippen molar-refractivity contribution in [2.45, 2.75) is 43.1 Å². The molecule has 2 aliphatic rings. The zero-order valence-electron chi connectivity index (χ0n) is 11.5. The van der Waals surface area contributed by atoms with Gasteiger partial charge in [0.2, 0.25) is 5.91 Å². The van der Waals surface area contributed by atoms with Gasteiger partial charge in [-0.2, -0.15) is 0 Å². The van der Waals surface area contributed by atoms with Gasteiger partial charge in [0.1, 0.15) is 0 Å². The molecule has 0 saturated carbocycles. The van der Waals surface area contributed by atoms with E-state index >= 15 is 0 Å². The summed E-state index contributed by atoms with van der Waals surface area (Å²) < 4.78 is 5.34. The maximum absolute atomic E-state index is 11.7. The lowest BCUT2D eigenvalue weighted by molar-refractivity contribution is -0.149. The Labute approximate surface area is 123 Å². The second kappa shape index (κ2) is 7.85. The quantitative estimate of drug-likeness (QED) is 0.650. The van der Waals surface area contributed by atoms with Gasteiger partial charge in [-0.05, 0) is 38.8 Å². The number of carbonyl (C=O) groups is 2. The Kier molecular flexibility index (Phi) is 6.12. The minimum absolute atomic E-state index is 0.0101. The van der Waals surface area contributed by atoms with E-state index in [0.29, 0.717) is 30.4 Å². The largest absolute Gasteiger partial charge is 0.479 e. The van der Waals surface area contributed by atoms with Crippen molar-refractivity contribution in [2.75, 3.05) is 25.4 Å². The molecule has 2 unspecified atom stereocenters. The number of carbonyl (C=O) groups excluding carboxylic acids is 1. The van der Waals surface area contributed by atoms with Gasteiger partial charge in [0.05, 0.1) is 11.9 Å². The van der Waals surface area contributed by atoms with Crippen molar-refractivity contribution in [1.29, 1.82) is 0 Å². The van der Waals surface area contributed by atoms with Crippen LogP contribution in [0.5, 0.6) is 0 Å². The number of hydrogen-bond donors (Lipinski definition) is 3. The molecule has 2 fully saturated rings. The fourth-order valence-corrected chi connectivity index (χ4v) is 3.53. The van der Waals surface area contributed by atoms with Crippen LogP contribution in [0.2, 0.25) is 0 Å². The first kappa shape index (κ1) is 15.6. The van der Waals surface area contributed by atoms with Gasteiger partial charge in [-0.15, -0.1) is 11.8 Å². The fourth-order valence-electron chi connectivity index (χ4n) is 2.47. The lowest BCUT2D eigenvalue weighted by Crippen LogP contribution is -2.35. The molecule has 2 atom stereocenters. The zero-order valence-corrected chi connectivity index (χ0v) is 12.3. The summed E-state index contributed by atoms with van der Waals surface area (Å²) in [6.07, 6.45) is 2.58. The maximum Gasteiger partial charge on any atom is 0.332 e. The average Bonchev–Trinajstić information content (AvgIpc) is 2.93. The number of hydrogen-bond acceptors (Lipinski definition) is 5. The second-order valence-corrected chi connectivity index (χ2v) is 6.52. The first-order chi connectivity index (χ1) is 9.65. The highest BCUT2D eigenvalue weighted by Crippen LogP contribution is 2.21. The highest BCUT2D eigenvalue weighted by Gasteiger charge is 2.30. The van der Waals surface area contributed by atoms with Crippen molar-refractivity contribution >= 4 is 23.6 Å². The molecule has 2 aliphatic heterocycles. The van der Waals surface area contributed by atoms with Crippen molar-refractivity contribution in [3.05, 3.63) is 0 Å². The number of piperidine rings is 1. The van der Waals surface area contributed by atoms with Crippen LogP contribution in [-0.4, -0.2) is 59.8 Å². The Hall–Kier alpha value is -0.790. The predicted molar refractivity (Wildman–Crippen MR) is 76.9 cm³/mol. The molecular formula is C13H22N2O4S. The summed E-state index contributed by atoms with van der Waals surface area (Å²) >= 11 is 1.71. The van der Waals surface area contributed by atoms with Gasteiger partial charge in [-0.25, -0.2) is 4.79 Å². The van der Waals surface area contributed by atoms with Crippen molar-refractivity contribution in [1.82, 2.24) is 10.6 Å². The third-order valence-corrected chi connectivity index (χ3v) is 5.02. The highest BCUT2D eigenvalue weighted by molar-refractivity contribution is 8.00. The molecule has 3 N–H and O–H groups in total. The van der Waals surface area contributed by atoms with Gasteiger partial charge in [-0.1, -0.05) is 0 Å². The van der Waals surface area contributed by atoms with Gasteiger partial charge in [0.25, 0.3) is 0 Å². The number of carboxylic acid groups (broad SMARTS) is 1. The van der Waals surface area contributed by atoms with Crippen LogP contribution in [0.4, 0.5) is 0 Å². The molecule has 2 saturated heterocycles. The van der Waals surface area contributed by atoms with Crippen LogP contribution in [0, 0.1) is 0 Å². The topological polar surface area (TPSA) is 87.7 Å². The number of thioether (sulfide) groups is 1. The molecule has 2 rings (SSSR count).